The van der Waals surface area contributed by atoms with Crippen LogP contribution in [0.25, 0.3) is 11.0 Å². The lowest BCUT2D eigenvalue weighted by molar-refractivity contribution is -0.00263. The fraction of sp³-hybridized carbons (Fsp3) is 0.556. The van der Waals surface area contributed by atoms with Gasteiger partial charge in [-0.2, -0.15) is 0 Å². The van der Waals surface area contributed by atoms with Gasteiger partial charge in [-0.05, 0) is 81.7 Å². The van der Waals surface area contributed by atoms with Gasteiger partial charge in [0.05, 0.1) is 22.8 Å². The van der Waals surface area contributed by atoms with Gasteiger partial charge in [-0.1, -0.05) is 31.5 Å². The minimum atomic E-state index is 0.0791. The number of nitrogens with two attached hydrogens (primary N) is 1. The molecule has 2 heterocycles. The lowest BCUT2D eigenvalue weighted by Crippen LogP contribution is -2.56. The van der Waals surface area contributed by atoms with Gasteiger partial charge in [0.25, 0.3) is 0 Å². The van der Waals surface area contributed by atoms with E-state index in [2.05, 4.69) is 53.2 Å². The minimum absolute atomic E-state index is 0.0791. The molecule has 0 spiro atoms. The van der Waals surface area contributed by atoms with Crippen molar-refractivity contribution in [1.82, 2.24) is 19.9 Å². The van der Waals surface area contributed by atoms with Crippen molar-refractivity contribution in [2.24, 2.45) is 5.73 Å². The van der Waals surface area contributed by atoms with Crippen molar-refractivity contribution in [2.45, 2.75) is 88.8 Å². The average molecular weight is 432 g/mol. The van der Waals surface area contributed by atoms with Gasteiger partial charge < -0.3 is 10.7 Å². The second-order valence-electron chi connectivity index (χ2n) is 9.94. The molecular weight excluding hydrogens is 394 g/mol. The van der Waals surface area contributed by atoms with Crippen LogP contribution in [-0.2, 0) is 12.8 Å². The number of aromatic nitrogens is 3. The van der Waals surface area contributed by atoms with Crippen molar-refractivity contribution < 1.29 is 0 Å². The van der Waals surface area contributed by atoms with Crippen LogP contribution in [0.2, 0.25) is 0 Å². The summed E-state index contributed by atoms with van der Waals surface area (Å²) in [6.07, 6.45) is 13.4. The lowest BCUT2D eigenvalue weighted by atomic mass is 9.74. The third-order valence-corrected chi connectivity index (χ3v) is 7.80. The zero-order valence-electron chi connectivity index (χ0n) is 19.4. The van der Waals surface area contributed by atoms with Gasteiger partial charge in [0.2, 0.25) is 0 Å². The standard InChI is InChI=1S/C27H37N5/c1-2-3-18-32(24-12-6-8-20-9-7-17-29-26(20)24)27(15-13-21(28)14-16-27)19-25-30-22-10-4-5-11-23(22)31-25/h4-5,7,9-11,17,21,24H,2-3,6,8,12-16,18-19,28H2,1H3,(H,30,31)/t21-,24?,27-. The third-order valence-electron chi connectivity index (χ3n) is 7.80. The van der Waals surface area contributed by atoms with Crippen molar-refractivity contribution in [1.29, 1.82) is 0 Å². The van der Waals surface area contributed by atoms with E-state index in [9.17, 15) is 0 Å². The van der Waals surface area contributed by atoms with E-state index >= 15 is 0 Å². The Bertz CT molecular complexity index is 1000. The van der Waals surface area contributed by atoms with Crippen molar-refractivity contribution in [3.05, 3.63) is 59.7 Å². The summed E-state index contributed by atoms with van der Waals surface area (Å²) >= 11 is 0. The van der Waals surface area contributed by atoms with Crippen molar-refractivity contribution in [2.75, 3.05) is 6.54 Å². The first kappa shape index (κ1) is 21.6. The Balaban J connectivity index is 1.54. The zero-order chi connectivity index (χ0) is 22.0. The normalized spacial score (nSPS) is 25.8. The van der Waals surface area contributed by atoms with Gasteiger partial charge in [-0.25, -0.2) is 4.98 Å². The molecule has 1 atom stereocenters. The van der Waals surface area contributed by atoms with E-state index in [1.165, 1.54) is 36.9 Å². The van der Waals surface area contributed by atoms with Gasteiger partial charge in [-0.15, -0.1) is 0 Å². The van der Waals surface area contributed by atoms with Gasteiger partial charge in [0.15, 0.2) is 0 Å². The summed E-state index contributed by atoms with van der Waals surface area (Å²) in [5.74, 6) is 1.11. The van der Waals surface area contributed by atoms with E-state index in [0.717, 1.165) is 61.9 Å². The summed E-state index contributed by atoms with van der Waals surface area (Å²) in [6, 6.07) is 13.5. The average Bonchev–Trinajstić information content (AvgIpc) is 3.23. The number of nitrogens with zero attached hydrogens (tertiary/aromatic N) is 3. The maximum absolute atomic E-state index is 6.41. The van der Waals surface area contributed by atoms with Crippen LogP contribution in [0, 0.1) is 0 Å². The molecule has 1 saturated carbocycles. The predicted molar refractivity (Wildman–Crippen MR) is 131 cm³/mol. The van der Waals surface area contributed by atoms with E-state index < -0.39 is 0 Å². The predicted octanol–water partition coefficient (Wildman–Crippen LogP) is 5.32. The summed E-state index contributed by atoms with van der Waals surface area (Å²) in [7, 11) is 0. The number of H-pyrrole nitrogens is 1. The zero-order valence-corrected chi connectivity index (χ0v) is 19.4. The van der Waals surface area contributed by atoms with Crippen LogP contribution in [0.4, 0.5) is 0 Å². The number of para-hydroxylation sites is 2. The molecular formula is C27H37N5. The highest BCUT2D eigenvalue weighted by Gasteiger charge is 2.44. The molecule has 0 amide bonds. The number of benzene rings is 1. The lowest BCUT2D eigenvalue weighted by Gasteiger charge is -2.51. The highest BCUT2D eigenvalue weighted by atomic mass is 15.2. The third kappa shape index (κ3) is 4.20. The molecule has 0 radical (unpaired) electrons. The van der Waals surface area contributed by atoms with Crippen LogP contribution in [0.15, 0.2) is 42.6 Å². The maximum Gasteiger partial charge on any atom is 0.109 e. The molecule has 2 aromatic heterocycles. The largest absolute Gasteiger partial charge is 0.342 e. The molecule has 2 aliphatic rings. The summed E-state index contributed by atoms with van der Waals surface area (Å²) in [4.78, 5) is 16.4. The Morgan fingerprint density at radius 3 is 2.78 bits per heavy atom. The number of unbranched alkanes of at least 4 members (excludes halogenated alkanes) is 1. The topological polar surface area (TPSA) is 70.8 Å². The smallest absolute Gasteiger partial charge is 0.109 e. The molecule has 0 bridgehead atoms. The van der Waals surface area contributed by atoms with Gasteiger partial charge in [0.1, 0.15) is 5.82 Å². The molecule has 5 nitrogen and oxygen atoms in total. The maximum atomic E-state index is 6.41. The van der Waals surface area contributed by atoms with Crippen LogP contribution in [0.1, 0.15) is 81.4 Å². The first-order valence-electron chi connectivity index (χ1n) is 12.6. The Morgan fingerprint density at radius 2 is 1.97 bits per heavy atom. The molecule has 0 saturated heterocycles. The summed E-state index contributed by atoms with van der Waals surface area (Å²) < 4.78 is 0. The molecule has 2 aliphatic carbocycles. The van der Waals surface area contributed by atoms with E-state index in [1.807, 2.05) is 6.20 Å². The summed E-state index contributed by atoms with van der Waals surface area (Å²) in [6.45, 7) is 3.42. The number of fused-ring (bicyclic) bond motifs is 2. The number of hydrogen-bond donors (Lipinski definition) is 2. The highest BCUT2D eigenvalue weighted by molar-refractivity contribution is 5.74. The number of nitrogens with one attached hydrogen (secondary N) is 1. The quantitative estimate of drug-likeness (QED) is 0.531. The molecule has 170 valence electrons. The number of aryl methyl sites for hydroxylation is 1. The second-order valence-corrected chi connectivity index (χ2v) is 9.94. The Morgan fingerprint density at radius 1 is 1.12 bits per heavy atom. The monoisotopic (exact) mass is 431 g/mol. The number of rotatable bonds is 7. The van der Waals surface area contributed by atoms with Crippen molar-refractivity contribution in [3.8, 4) is 0 Å². The van der Waals surface area contributed by atoms with E-state index in [4.69, 9.17) is 15.7 Å². The van der Waals surface area contributed by atoms with Crippen LogP contribution < -0.4 is 5.73 Å². The number of imidazole rings is 1. The van der Waals surface area contributed by atoms with Gasteiger partial charge in [-0.3, -0.25) is 9.88 Å². The Hall–Kier alpha value is -2.24. The van der Waals surface area contributed by atoms with Crippen molar-refractivity contribution in [3.63, 3.8) is 0 Å². The first-order chi connectivity index (χ1) is 15.7. The summed E-state index contributed by atoms with van der Waals surface area (Å²) in [5.41, 5.74) is 11.4. The van der Waals surface area contributed by atoms with Crippen LogP contribution in [-0.4, -0.2) is 38.0 Å². The van der Waals surface area contributed by atoms with Gasteiger partial charge >= 0.3 is 0 Å². The molecule has 1 fully saturated rings. The van der Waals surface area contributed by atoms with Crippen molar-refractivity contribution >= 4 is 11.0 Å². The molecule has 0 aliphatic heterocycles. The van der Waals surface area contributed by atoms with Crippen LogP contribution in [0.5, 0.6) is 0 Å². The molecule has 5 rings (SSSR count). The fourth-order valence-electron chi connectivity index (χ4n) is 6.08. The van der Waals surface area contributed by atoms with Gasteiger partial charge in [0, 0.05) is 24.2 Å². The van der Waals surface area contributed by atoms with E-state index in [1.54, 1.807) is 0 Å². The first-order valence-corrected chi connectivity index (χ1v) is 12.6. The molecule has 5 heteroatoms. The fourth-order valence-corrected chi connectivity index (χ4v) is 6.08. The molecule has 3 N–H and O–H groups in total. The SMILES string of the molecule is CCCCN(C1CCCc2cccnc21)[C@]1(Cc2nc3ccccc3[nH]2)CC[C@@H](N)CC1. The molecule has 1 aromatic carbocycles. The number of hydrogen-bond acceptors (Lipinski definition) is 4. The molecule has 3 aromatic rings. The Kier molecular flexibility index (Phi) is 6.29. The highest BCUT2D eigenvalue weighted by Crippen LogP contribution is 2.44. The number of pyridine rings is 1. The minimum Gasteiger partial charge on any atom is -0.342 e. The molecule has 1 unspecified atom stereocenters. The summed E-state index contributed by atoms with van der Waals surface area (Å²) in [5, 5.41) is 0. The number of aromatic amines is 1. The van der Waals surface area contributed by atoms with Crippen LogP contribution >= 0.6 is 0 Å². The molecule has 32 heavy (non-hydrogen) atoms. The van der Waals surface area contributed by atoms with Crippen LogP contribution in [0.3, 0.4) is 0 Å². The Labute approximate surface area is 191 Å². The van der Waals surface area contributed by atoms with E-state index in [-0.39, 0.29) is 5.54 Å². The second kappa shape index (κ2) is 9.32. The van der Waals surface area contributed by atoms with E-state index in [0.29, 0.717) is 12.1 Å².